The topological polar surface area (TPSA) is 50.7 Å². The largest absolute Gasteiger partial charge is 0.329 e. The molecule has 1 aromatic heterocycles. The Hall–Kier alpha value is -1.61. The molecule has 0 N–H and O–H groups in total. The van der Waals surface area contributed by atoms with Crippen molar-refractivity contribution in [3.8, 4) is 6.07 Å². The summed E-state index contributed by atoms with van der Waals surface area (Å²) in [4.78, 5) is 13.3. The molecule has 7 heteroatoms. The maximum Gasteiger partial charge on any atom is 0.329 e. The fraction of sp³-hybridized carbons (Fsp3) is 0.250. The first kappa shape index (κ1) is 17.7. The molecule has 0 atom stereocenters. The highest BCUT2D eigenvalue weighted by Crippen LogP contribution is 2.35. The van der Waals surface area contributed by atoms with Gasteiger partial charge in [-0.15, -0.1) is 0 Å². The summed E-state index contributed by atoms with van der Waals surface area (Å²) < 4.78 is 3.22. The molecule has 0 saturated heterocycles. The lowest BCUT2D eigenvalue weighted by Crippen LogP contribution is -2.24. The van der Waals surface area contributed by atoms with Gasteiger partial charge in [-0.3, -0.25) is 9.13 Å². The quantitative estimate of drug-likeness (QED) is 0.731. The van der Waals surface area contributed by atoms with Crippen molar-refractivity contribution in [2.24, 2.45) is 7.05 Å². The molecule has 0 aliphatic heterocycles. The van der Waals surface area contributed by atoms with Crippen LogP contribution in [-0.4, -0.2) is 9.13 Å². The maximum atomic E-state index is 12.5. The summed E-state index contributed by atoms with van der Waals surface area (Å²) in [6.07, 6.45) is 2.99. The normalized spacial score (nSPS) is 11.3. The van der Waals surface area contributed by atoms with Gasteiger partial charge in [0.25, 0.3) is 0 Å². The predicted octanol–water partition coefficient (Wildman–Crippen LogP) is 4.76. The molecule has 0 bridgehead atoms. The van der Waals surface area contributed by atoms with Gasteiger partial charge in [-0.05, 0) is 38.1 Å². The number of aromatic nitrogens is 2. The van der Waals surface area contributed by atoms with Gasteiger partial charge >= 0.3 is 5.69 Å². The summed E-state index contributed by atoms with van der Waals surface area (Å²) in [7, 11) is 1.69. The van der Waals surface area contributed by atoms with Crippen molar-refractivity contribution in [1.29, 1.82) is 5.26 Å². The minimum atomic E-state index is -0.131. The van der Waals surface area contributed by atoms with Gasteiger partial charge in [0.1, 0.15) is 5.03 Å². The van der Waals surface area contributed by atoms with Crippen LogP contribution in [0.25, 0.3) is 6.08 Å². The van der Waals surface area contributed by atoms with Gasteiger partial charge in [0, 0.05) is 34.1 Å². The van der Waals surface area contributed by atoms with Crippen LogP contribution in [0.1, 0.15) is 25.6 Å². The van der Waals surface area contributed by atoms with Gasteiger partial charge in [-0.2, -0.15) is 5.26 Å². The molecule has 120 valence electrons. The standard InChI is InChI=1S/C16H15Cl2N3OS/c1-10(2)21-15(14(5-4-6-19)20(3)16(21)22)23-13-8-11(17)7-12(18)9-13/h4-5,7-10H,1-3H3. The van der Waals surface area contributed by atoms with Gasteiger partial charge < -0.3 is 0 Å². The van der Waals surface area contributed by atoms with E-state index in [-0.39, 0.29) is 11.7 Å². The van der Waals surface area contributed by atoms with Crippen LogP contribution in [0, 0.1) is 11.3 Å². The summed E-state index contributed by atoms with van der Waals surface area (Å²) in [6, 6.07) is 7.17. The zero-order chi connectivity index (χ0) is 17.1. The number of nitriles is 1. The van der Waals surface area contributed by atoms with Gasteiger partial charge in [0.2, 0.25) is 0 Å². The zero-order valence-corrected chi connectivity index (χ0v) is 15.2. The average molecular weight is 368 g/mol. The second-order valence-corrected chi connectivity index (χ2v) is 7.10. The fourth-order valence-electron chi connectivity index (χ4n) is 2.17. The Morgan fingerprint density at radius 2 is 1.87 bits per heavy atom. The number of halogens is 2. The molecule has 0 amide bonds. The SMILES string of the molecule is CC(C)n1c(Sc2cc(Cl)cc(Cl)c2)c(C=CC#N)n(C)c1=O. The van der Waals surface area contributed by atoms with Crippen LogP contribution in [0.15, 0.2) is 39.0 Å². The van der Waals surface area contributed by atoms with E-state index in [1.165, 1.54) is 22.4 Å². The van der Waals surface area contributed by atoms with E-state index in [0.717, 1.165) is 9.92 Å². The lowest BCUT2D eigenvalue weighted by Gasteiger charge is -2.11. The summed E-state index contributed by atoms with van der Waals surface area (Å²) >= 11 is 13.5. The number of nitrogens with zero attached hydrogens (tertiary/aromatic N) is 3. The van der Waals surface area contributed by atoms with Crippen LogP contribution in [-0.2, 0) is 7.05 Å². The van der Waals surface area contributed by atoms with Crippen LogP contribution < -0.4 is 5.69 Å². The van der Waals surface area contributed by atoms with E-state index in [1.54, 1.807) is 35.9 Å². The first-order chi connectivity index (χ1) is 10.8. The molecule has 2 aromatic rings. The molecule has 0 radical (unpaired) electrons. The summed E-state index contributed by atoms with van der Waals surface area (Å²) in [5, 5.41) is 10.6. The molecule has 23 heavy (non-hydrogen) atoms. The Balaban J connectivity index is 2.63. The zero-order valence-electron chi connectivity index (χ0n) is 12.9. The van der Waals surface area contributed by atoms with Crippen LogP contribution in [0.4, 0.5) is 0 Å². The minimum absolute atomic E-state index is 0.0184. The van der Waals surface area contributed by atoms with E-state index < -0.39 is 0 Å². The first-order valence-corrected chi connectivity index (χ1v) is 8.43. The molecular weight excluding hydrogens is 353 g/mol. The number of rotatable bonds is 4. The van der Waals surface area contributed by atoms with Crippen LogP contribution in [0.2, 0.25) is 10.0 Å². The summed E-state index contributed by atoms with van der Waals surface area (Å²) in [6.45, 7) is 3.88. The smallest absolute Gasteiger partial charge is 0.294 e. The van der Waals surface area contributed by atoms with Crippen molar-refractivity contribution in [2.75, 3.05) is 0 Å². The van der Waals surface area contributed by atoms with Crippen molar-refractivity contribution in [3.63, 3.8) is 0 Å². The van der Waals surface area contributed by atoms with Crippen LogP contribution in [0.5, 0.6) is 0 Å². The second-order valence-electron chi connectivity index (χ2n) is 5.17. The highest BCUT2D eigenvalue weighted by Gasteiger charge is 2.19. The third-order valence-electron chi connectivity index (χ3n) is 3.18. The first-order valence-electron chi connectivity index (χ1n) is 6.86. The number of imidazole rings is 1. The van der Waals surface area contributed by atoms with E-state index >= 15 is 0 Å². The molecule has 4 nitrogen and oxygen atoms in total. The van der Waals surface area contributed by atoms with Crippen molar-refractivity contribution in [1.82, 2.24) is 9.13 Å². The number of benzene rings is 1. The molecule has 1 aromatic carbocycles. The molecule has 0 unspecified atom stereocenters. The third kappa shape index (κ3) is 3.84. The Morgan fingerprint density at radius 1 is 1.26 bits per heavy atom. The predicted molar refractivity (Wildman–Crippen MR) is 95.3 cm³/mol. The second kappa shape index (κ2) is 7.31. The molecule has 0 aliphatic carbocycles. The van der Waals surface area contributed by atoms with Gasteiger partial charge in [-0.25, -0.2) is 4.79 Å². The molecule has 1 heterocycles. The van der Waals surface area contributed by atoms with E-state index in [9.17, 15) is 4.79 Å². The maximum absolute atomic E-state index is 12.5. The van der Waals surface area contributed by atoms with E-state index in [4.69, 9.17) is 28.5 Å². The fourth-order valence-corrected chi connectivity index (χ4v) is 4.12. The van der Waals surface area contributed by atoms with Crippen molar-refractivity contribution in [2.45, 2.75) is 29.8 Å². The average Bonchev–Trinajstić information content (AvgIpc) is 2.67. The van der Waals surface area contributed by atoms with E-state index in [2.05, 4.69) is 0 Å². The van der Waals surface area contributed by atoms with Gasteiger partial charge in [0.15, 0.2) is 0 Å². The highest BCUT2D eigenvalue weighted by molar-refractivity contribution is 7.99. The van der Waals surface area contributed by atoms with E-state index in [0.29, 0.717) is 15.7 Å². The molecule has 0 aliphatic rings. The summed E-state index contributed by atoms with van der Waals surface area (Å²) in [5.74, 6) is 0. The van der Waals surface area contributed by atoms with E-state index in [1.807, 2.05) is 19.9 Å². The van der Waals surface area contributed by atoms with Crippen molar-refractivity contribution >= 4 is 41.0 Å². The lowest BCUT2D eigenvalue weighted by atomic mass is 10.3. The Bertz CT molecular complexity index is 839. The van der Waals surface area contributed by atoms with Crippen LogP contribution >= 0.6 is 35.0 Å². The number of hydrogen-bond donors (Lipinski definition) is 0. The highest BCUT2D eigenvalue weighted by atomic mass is 35.5. The molecule has 2 rings (SSSR count). The molecule has 0 saturated carbocycles. The molecule has 0 fully saturated rings. The Morgan fingerprint density at radius 3 is 2.39 bits per heavy atom. The number of allylic oxidation sites excluding steroid dienone is 1. The number of hydrogen-bond acceptors (Lipinski definition) is 3. The minimum Gasteiger partial charge on any atom is -0.294 e. The van der Waals surface area contributed by atoms with Crippen molar-refractivity contribution in [3.05, 3.63) is 50.5 Å². The van der Waals surface area contributed by atoms with Crippen molar-refractivity contribution < 1.29 is 0 Å². The third-order valence-corrected chi connectivity index (χ3v) is 4.68. The van der Waals surface area contributed by atoms with Gasteiger partial charge in [0.05, 0.1) is 11.8 Å². The molecular formula is C16H15Cl2N3OS. The Kier molecular flexibility index (Phi) is 5.64. The van der Waals surface area contributed by atoms with Gasteiger partial charge in [-0.1, -0.05) is 35.0 Å². The Labute approximate surface area is 148 Å². The van der Waals surface area contributed by atoms with Crippen LogP contribution in [0.3, 0.4) is 0 Å². The molecule has 0 spiro atoms. The monoisotopic (exact) mass is 367 g/mol. The summed E-state index contributed by atoms with van der Waals surface area (Å²) in [5.41, 5.74) is 0.541. The lowest BCUT2D eigenvalue weighted by molar-refractivity contribution is 0.533.